The SMILES string of the molecule is O=C(CN1C2CC1CN(Cc1nc3c(Cl)cc(F)cc3[nH]1)C2)NC1(C(F)(F)F)COC1. The predicted octanol–water partition coefficient (Wildman–Crippen LogP) is 2.06. The van der Waals surface area contributed by atoms with Gasteiger partial charge < -0.3 is 15.0 Å². The molecule has 0 spiro atoms. The lowest BCUT2D eigenvalue weighted by Gasteiger charge is -2.56. The molecule has 4 aliphatic rings. The highest BCUT2D eigenvalue weighted by Gasteiger charge is 2.61. The van der Waals surface area contributed by atoms with Crippen molar-refractivity contribution in [1.29, 1.82) is 0 Å². The van der Waals surface area contributed by atoms with E-state index in [0.717, 1.165) is 6.42 Å². The maximum absolute atomic E-state index is 13.5. The summed E-state index contributed by atoms with van der Waals surface area (Å²) in [5, 5.41) is 2.37. The first-order chi connectivity index (χ1) is 14.6. The summed E-state index contributed by atoms with van der Waals surface area (Å²) in [6.07, 6.45) is -3.64. The van der Waals surface area contributed by atoms with E-state index < -0.39 is 36.7 Å². The molecular weight excluding hydrogens is 442 g/mol. The summed E-state index contributed by atoms with van der Waals surface area (Å²) < 4.78 is 57.8. The third-order valence-corrected chi connectivity index (χ3v) is 6.58. The summed E-state index contributed by atoms with van der Waals surface area (Å²) in [5.41, 5.74) is -1.23. The highest BCUT2D eigenvalue weighted by Crippen LogP contribution is 2.37. The van der Waals surface area contributed by atoms with Gasteiger partial charge in [-0.05, 0) is 18.6 Å². The van der Waals surface area contributed by atoms with E-state index in [4.69, 9.17) is 16.3 Å². The summed E-state index contributed by atoms with van der Waals surface area (Å²) in [6, 6.07) is 2.74. The van der Waals surface area contributed by atoms with Crippen molar-refractivity contribution in [2.24, 2.45) is 0 Å². The Kier molecular flexibility index (Phi) is 4.92. The molecule has 2 unspecified atom stereocenters. The minimum absolute atomic E-state index is 0.0689. The number of nitrogens with zero attached hydrogens (tertiary/aromatic N) is 3. The second kappa shape index (κ2) is 7.29. The summed E-state index contributed by atoms with van der Waals surface area (Å²) in [6.45, 7) is 0.671. The molecule has 4 saturated heterocycles. The van der Waals surface area contributed by atoms with E-state index in [1.165, 1.54) is 12.1 Å². The number of alkyl halides is 3. The number of halogens is 5. The van der Waals surface area contributed by atoms with Crippen LogP contribution in [0.3, 0.4) is 0 Å². The first kappa shape index (κ1) is 20.9. The zero-order valence-corrected chi connectivity index (χ0v) is 17.1. The van der Waals surface area contributed by atoms with Gasteiger partial charge in [0.25, 0.3) is 0 Å². The van der Waals surface area contributed by atoms with E-state index in [2.05, 4.69) is 20.2 Å². The fourth-order valence-corrected chi connectivity index (χ4v) is 4.88. The predicted molar refractivity (Wildman–Crippen MR) is 103 cm³/mol. The third-order valence-electron chi connectivity index (χ3n) is 6.29. The largest absolute Gasteiger partial charge is 0.416 e. The minimum Gasteiger partial charge on any atom is -0.376 e. The van der Waals surface area contributed by atoms with Gasteiger partial charge in [0.15, 0.2) is 5.54 Å². The van der Waals surface area contributed by atoms with E-state index in [1.54, 1.807) is 0 Å². The molecule has 0 saturated carbocycles. The number of fused-ring (bicyclic) bond motifs is 3. The lowest BCUT2D eigenvalue weighted by Crippen LogP contribution is -2.73. The Morgan fingerprint density at radius 2 is 2.03 bits per heavy atom. The smallest absolute Gasteiger partial charge is 0.376 e. The molecule has 2 atom stereocenters. The van der Waals surface area contributed by atoms with Gasteiger partial charge >= 0.3 is 6.18 Å². The van der Waals surface area contributed by atoms with Crippen molar-refractivity contribution < 1.29 is 27.1 Å². The summed E-state index contributed by atoms with van der Waals surface area (Å²) in [5.74, 6) is -0.426. The molecule has 0 radical (unpaired) electrons. The number of hydrogen-bond donors (Lipinski definition) is 2. The van der Waals surface area contributed by atoms with Crippen molar-refractivity contribution in [3.63, 3.8) is 0 Å². The van der Waals surface area contributed by atoms with E-state index in [9.17, 15) is 22.4 Å². The molecule has 7 nitrogen and oxygen atoms in total. The van der Waals surface area contributed by atoms with Gasteiger partial charge in [-0.15, -0.1) is 0 Å². The molecule has 1 aromatic heterocycles. The Bertz CT molecular complexity index is 1010. The normalized spacial score (nSPS) is 25.8. The fraction of sp³-hybridized carbons (Fsp3) is 0.579. The Labute approximate surface area is 179 Å². The number of piperazine rings is 1. The van der Waals surface area contributed by atoms with Gasteiger partial charge in [0, 0.05) is 25.2 Å². The number of aromatic amines is 1. The average Bonchev–Trinajstić information content (AvgIpc) is 3.04. The second-order valence-electron chi connectivity index (χ2n) is 8.50. The van der Waals surface area contributed by atoms with Gasteiger partial charge in [0.05, 0.1) is 36.8 Å². The Balaban J connectivity index is 1.18. The molecule has 31 heavy (non-hydrogen) atoms. The van der Waals surface area contributed by atoms with Crippen LogP contribution in [-0.2, 0) is 16.1 Å². The van der Waals surface area contributed by atoms with Crippen LogP contribution in [0.2, 0.25) is 5.02 Å². The molecule has 168 valence electrons. The van der Waals surface area contributed by atoms with Gasteiger partial charge in [0.1, 0.15) is 17.2 Å². The zero-order valence-electron chi connectivity index (χ0n) is 16.3. The van der Waals surface area contributed by atoms with Crippen LogP contribution in [0.1, 0.15) is 12.2 Å². The number of imidazole rings is 1. The van der Waals surface area contributed by atoms with E-state index in [1.807, 2.05) is 4.90 Å². The highest BCUT2D eigenvalue weighted by atomic mass is 35.5. The highest BCUT2D eigenvalue weighted by molar-refractivity contribution is 6.34. The molecule has 2 bridgehead atoms. The van der Waals surface area contributed by atoms with Crippen molar-refractivity contribution in [3.8, 4) is 0 Å². The molecule has 4 fully saturated rings. The Morgan fingerprint density at radius 1 is 1.32 bits per heavy atom. The molecule has 2 aromatic rings. The number of piperidine rings is 1. The van der Waals surface area contributed by atoms with Crippen LogP contribution in [-0.4, -0.2) is 82.3 Å². The van der Waals surface area contributed by atoms with Crippen LogP contribution in [0.15, 0.2) is 12.1 Å². The van der Waals surface area contributed by atoms with Crippen LogP contribution in [0.4, 0.5) is 17.6 Å². The summed E-state index contributed by atoms with van der Waals surface area (Å²) >= 11 is 6.05. The van der Waals surface area contributed by atoms with Gasteiger partial charge in [-0.25, -0.2) is 9.37 Å². The lowest BCUT2D eigenvalue weighted by atomic mass is 9.87. The van der Waals surface area contributed by atoms with Crippen molar-refractivity contribution in [2.45, 2.75) is 36.8 Å². The summed E-state index contributed by atoms with van der Waals surface area (Å²) in [7, 11) is 0. The monoisotopic (exact) mass is 461 g/mol. The van der Waals surface area contributed by atoms with Gasteiger partial charge in [0.2, 0.25) is 5.91 Å². The number of H-pyrrole nitrogens is 1. The maximum atomic E-state index is 13.5. The van der Waals surface area contributed by atoms with Crippen LogP contribution >= 0.6 is 11.6 Å². The molecule has 4 aliphatic heterocycles. The summed E-state index contributed by atoms with van der Waals surface area (Å²) in [4.78, 5) is 23.9. The Hall–Kier alpha value is -1.95. The number of benzene rings is 1. The zero-order chi connectivity index (χ0) is 22.0. The molecule has 5 heterocycles. The average molecular weight is 462 g/mol. The van der Waals surface area contributed by atoms with Crippen molar-refractivity contribution in [1.82, 2.24) is 25.1 Å². The second-order valence-corrected chi connectivity index (χ2v) is 8.91. The Morgan fingerprint density at radius 3 is 2.65 bits per heavy atom. The van der Waals surface area contributed by atoms with Crippen molar-refractivity contribution in [2.75, 3.05) is 32.8 Å². The number of rotatable bonds is 5. The first-order valence-electron chi connectivity index (χ1n) is 9.91. The van der Waals surface area contributed by atoms with Crippen LogP contribution < -0.4 is 5.32 Å². The standard InChI is InChI=1S/C19H20ClF4N5O2/c20-13-1-10(21)2-14-17(13)26-15(25-14)6-28-4-11-3-12(5-28)29(11)7-16(30)27-18(8-31-9-18)19(22,23)24/h1-2,11-12H,3-9H2,(H,25,26)(H,27,30). The minimum atomic E-state index is -4.54. The van der Waals surface area contributed by atoms with Crippen molar-refractivity contribution >= 4 is 28.5 Å². The van der Waals surface area contributed by atoms with E-state index in [-0.39, 0.29) is 23.7 Å². The first-order valence-corrected chi connectivity index (χ1v) is 10.3. The molecule has 1 aromatic carbocycles. The number of hydrogen-bond acceptors (Lipinski definition) is 5. The van der Waals surface area contributed by atoms with Gasteiger partial charge in [-0.3, -0.25) is 14.6 Å². The van der Waals surface area contributed by atoms with Crippen LogP contribution in [0.25, 0.3) is 11.0 Å². The van der Waals surface area contributed by atoms with Gasteiger partial charge in [-0.2, -0.15) is 13.2 Å². The quantitative estimate of drug-likeness (QED) is 0.667. The van der Waals surface area contributed by atoms with E-state index in [0.29, 0.717) is 36.5 Å². The molecule has 0 aliphatic carbocycles. The number of aromatic nitrogens is 2. The van der Waals surface area contributed by atoms with Gasteiger partial charge in [-0.1, -0.05) is 11.6 Å². The molecule has 12 heteroatoms. The number of nitrogens with one attached hydrogen (secondary N) is 2. The van der Waals surface area contributed by atoms with E-state index >= 15 is 0 Å². The fourth-order valence-electron chi connectivity index (χ4n) is 4.63. The number of carbonyl (C=O) groups is 1. The lowest BCUT2D eigenvalue weighted by molar-refractivity contribution is -0.266. The number of ether oxygens (including phenoxy) is 1. The number of carbonyl (C=O) groups excluding carboxylic acids is 1. The molecule has 1 amide bonds. The molecule has 6 rings (SSSR count). The van der Waals surface area contributed by atoms with Crippen LogP contribution in [0.5, 0.6) is 0 Å². The van der Waals surface area contributed by atoms with Crippen molar-refractivity contribution in [3.05, 3.63) is 28.8 Å². The molecular formula is C19H20ClF4N5O2. The third kappa shape index (κ3) is 3.67. The maximum Gasteiger partial charge on any atom is 0.416 e. The molecule has 2 N–H and O–H groups in total. The number of amides is 1. The van der Waals surface area contributed by atoms with Crippen LogP contribution in [0, 0.1) is 5.82 Å². The topological polar surface area (TPSA) is 73.5 Å².